The van der Waals surface area contributed by atoms with E-state index in [1.165, 1.54) is 12.8 Å². The van der Waals surface area contributed by atoms with Crippen molar-refractivity contribution in [1.82, 2.24) is 10.2 Å². The molecule has 2 atom stereocenters. The van der Waals surface area contributed by atoms with Crippen LogP contribution in [0.25, 0.3) is 0 Å². The molecule has 3 rings (SSSR count). The van der Waals surface area contributed by atoms with E-state index >= 15 is 0 Å². The van der Waals surface area contributed by atoms with Crippen LogP contribution >= 0.6 is 0 Å². The Morgan fingerprint density at radius 2 is 2.42 bits per heavy atom. The lowest BCUT2D eigenvalue weighted by Crippen LogP contribution is -2.62. The van der Waals surface area contributed by atoms with Gasteiger partial charge in [-0.3, -0.25) is 4.79 Å². The standard InChI is InChI=1S/C9H16N2O/c1-2-9(12)11-6-7-3-4-8(11)5-10-7/h7-8,10H,2-6H2,1H3. The van der Waals surface area contributed by atoms with Crippen LogP contribution in [0.5, 0.6) is 0 Å². The lowest BCUT2D eigenvalue weighted by molar-refractivity contribution is -0.136. The SMILES string of the molecule is CCC(=O)N1CC2CCC1CN2. The summed E-state index contributed by atoms with van der Waals surface area (Å²) in [6, 6.07) is 1.06. The van der Waals surface area contributed by atoms with Crippen molar-refractivity contribution in [3.8, 4) is 0 Å². The zero-order valence-electron chi connectivity index (χ0n) is 7.55. The van der Waals surface area contributed by atoms with E-state index in [0.29, 0.717) is 24.4 Å². The average molecular weight is 168 g/mol. The lowest BCUT2D eigenvalue weighted by Gasteiger charge is -2.45. The molecule has 0 saturated carbocycles. The molecule has 3 heterocycles. The Morgan fingerprint density at radius 3 is 2.83 bits per heavy atom. The molecule has 3 heteroatoms. The molecule has 68 valence electrons. The van der Waals surface area contributed by atoms with E-state index in [9.17, 15) is 4.79 Å². The van der Waals surface area contributed by atoms with Crippen molar-refractivity contribution in [3.63, 3.8) is 0 Å². The summed E-state index contributed by atoms with van der Waals surface area (Å²) in [5.74, 6) is 0.325. The summed E-state index contributed by atoms with van der Waals surface area (Å²) in [4.78, 5) is 13.5. The zero-order chi connectivity index (χ0) is 8.55. The van der Waals surface area contributed by atoms with Crippen molar-refractivity contribution in [2.75, 3.05) is 13.1 Å². The van der Waals surface area contributed by atoms with Crippen molar-refractivity contribution < 1.29 is 4.79 Å². The van der Waals surface area contributed by atoms with E-state index in [0.717, 1.165) is 13.1 Å². The van der Waals surface area contributed by atoms with E-state index in [1.807, 2.05) is 6.92 Å². The summed E-state index contributed by atoms with van der Waals surface area (Å²) in [7, 11) is 0. The molecule has 12 heavy (non-hydrogen) atoms. The molecule has 0 aliphatic carbocycles. The highest BCUT2D eigenvalue weighted by atomic mass is 16.2. The van der Waals surface area contributed by atoms with Crippen LogP contribution in [0.4, 0.5) is 0 Å². The van der Waals surface area contributed by atoms with Gasteiger partial charge in [0, 0.05) is 31.6 Å². The summed E-state index contributed by atoms with van der Waals surface area (Å²) in [6.45, 7) is 3.89. The van der Waals surface area contributed by atoms with E-state index in [1.54, 1.807) is 0 Å². The fourth-order valence-electron chi connectivity index (χ4n) is 2.22. The Bertz CT molecular complexity index is 185. The third-order valence-corrected chi connectivity index (χ3v) is 2.97. The van der Waals surface area contributed by atoms with Gasteiger partial charge >= 0.3 is 0 Å². The average Bonchev–Trinajstić information content (AvgIpc) is 2.18. The maximum atomic E-state index is 11.5. The molecule has 2 bridgehead atoms. The van der Waals surface area contributed by atoms with Crippen LogP contribution in [0.2, 0.25) is 0 Å². The fourth-order valence-corrected chi connectivity index (χ4v) is 2.22. The molecule has 1 N–H and O–H groups in total. The van der Waals surface area contributed by atoms with Crippen molar-refractivity contribution in [2.24, 2.45) is 0 Å². The van der Waals surface area contributed by atoms with Crippen LogP contribution in [0.3, 0.4) is 0 Å². The Labute approximate surface area is 73.1 Å². The predicted octanol–water partition coefficient (Wildman–Crippen LogP) is 0.359. The lowest BCUT2D eigenvalue weighted by atomic mass is 9.93. The van der Waals surface area contributed by atoms with Crippen LogP contribution < -0.4 is 5.32 Å². The van der Waals surface area contributed by atoms with Gasteiger partial charge in [0.2, 0.25) is 5.91 Å². The minimum absolute atomic E-state index is 0.325. The van der Waals surface area contributed by atoms with Crippen molar-refractivity contribution >= 4 is 5.91 Å². The largest absolute Gasteiger partial charge is 0.337 e. The van der Waals surface area contributed by atoms with Gasteiger partial charge in [0.1, 0.15) is 0 Å². The summed E-state index contributed by atoms with van der Waals surface area (Å²) < 4.78 is 0. The maximum Gasteiger partial charge on any atom is 0.222 e. The quantitative estimate of drug-likeness (QED) is 0.613. The Kier molecular flexibility index (Phi) is 2.05. The van der Waals surface area contributed by atoms with Gasteiger partial charge in [0.05, 0.1) is 0 Å². The summed E-state index contributed by atoms with van der Waals surface area (Å²) >= 11 is 0. The number of rotatable bonds is 1. The highest BCUT2D eigenvalue weighted by Crippen LogP contribution is 2.22. The zero-order valence-corrected chi connectivity index (χ0v) is 7.55. The van der Waals surface area contributed by atoms with Crippen molar-refractivity contribution in [3.05, 3.63) is 0 Å². The van der Waals surface area contributed by atoms with Crippen LogP contribution in [0, 0.1) is 0 Å². The van der Waals surface area contributed by atoms with E-state index < -0.39 is 0 Å². The number of carbonyl (C=O) groups is 1. The first-order chi connectivity index (χ1) is 5.81. The van der Waals surface area contributed by atoms with Gasteiger partial charge in [0.25, 0.3) is 0 Å². The number of fused-ring (bicyclic) bond motifs is 3. The normalized spacial score (nSPS) is 33.9. The number of hydrogen-bond acceptors (Lipinski definition) is 2. The summed E-state index contributed by atoms with van der Waals surface area (Å²) in [5, 5.41) is 3.43. The molecular weight excluding hydrogens is 152 g/mol. The maximum absolute atomic E-state index is 11.5. The fraction of sp³-hybridized carbons (Fsp3) is 0.889. The minimum Gasteiger partial charge on any atom is -0.337 e. The molecule has 3 aliphatic rings. The third kappa shape index (κ3) is 1.22. The second kappa shape index (κ2) is 3.05. The van der Waals surface area contributed by atoms with E-state index in [4.69, 9.17) is 0 Å². The molecule has 0 radical (unpaired) electrons. The number of hydrogen-bond donors (Lipinski definition) is 1. The Hall–Kier alpha value is -0.570. The predicted molar refractivity (Wildman–Crippen MR) is 46.8 cm³/mol. The summed E-state index contributed by atoms with van der Waals surface area (Å²) in [5.41, 5.74) is 0. The first kappa shape index (κ1) is 8.05. The Morgan fingerprint density at radius 1 is 1.58 bits per heavy atom. The van der Waals surface area contributed by atoms with Crippen LogP contribution in [-0.4, -0.2) is 36.0 Å². The monoisotopic (exact) mass is 168 g/mol. The number of nitrogens with one attached hydrogen (secondary N) is 1. The molecule has 3 saturated heterocycles. The molecule has 3 fully saturated rings. The number of nitrogens with zero attached hydrogens (tertiary/aromatic N) is 1. The first-order valence-electron chi connectivity index (χ1n) is 4.84. The second-order valence-electron chi connectivity index (χ2n) is 3.74. The van der Waals surface area contributed by atoms with Gasteiger partial charge in [-0.25, -0.2) is 0 Å². The minimum atomic E-state index is 0.325. The molecule has 1 amide bonds. The van der Waals surface area contributed by atoms with Gasteiger partial charge in [-0.15, -0.1) is 0 Å². The molecular formula is C9H16N2O. The number of piperazine rings is 1. The van der Waals surface area contributed by atoms with Crippen LogP contribution in [-0.2, 0) is 4.79 Å². The Balaban J connectivity index is 2.03. The highest BCUT2D eigenvalue weighted by Gasteiger charge is 2.35. The highest BCUT2D eigenvalue weighted by molar-refractivity contribution is 5.76. The molecule has 0 aromatic rings. The number of piperidine rings is 2. The third-order valence-electron chi connectivity index (χ3n) is 2.97. The topological polar surface area (TPSA) is 32.3 Å². The smallest absolute Gasteiger partial charge is 0.222 e. The van der Waals surface area contributed by atoms with Gasteiger partial charge in [-0.2, -0.15) is 0 Å². The molecule has 3 nitrogen and oxygen atoms in total. The molecule has 2 unspecified atom stereocenters. The molecule has 0 aromatic carbocycles. The summed E-state index contributed by atoms with van der Waals surface area (Å²) in [6.07, 6.45) is 3.10. The second-order valence-corrected chi connectivity index (χ2v) is 3.74. The molecule has 0 aromatic heterocycles. The van der Waals surface area contributed by atoms with Crippen LogP contribution in [0.15, 0.2) is 0 Å². The van der Waals surface area contributed by atoms with Crippen LogP contribution in [0.1, 0.15) is 26.2 Å². The molecule has 0 spiro atoms. The van der Waals surface area contributed by atoms with Crippen molar-refractivity contribution in [2.45, 2.75) is 38.3 Å². The van der Waals surface area contributed by atoms with Gasteiger partial charge in [-0.1, -0.05) is 6.92 Å². The first-order valence-corrected chi connectivity index (χ1v) is 4.84. The van der Waals surface area contributed by atoms with Crippen molar-refractivity contribution in [1.29, 1.82) is 0 Å². The van der Waals surface area contributed by atoms with Gasteiger partial charge in [-0.05, 0) is 12.8 Å². The van der Waals surface area contributed by atoms with E-state index in [2.05, 4.69) is 10.2 Å². The number of carbonyl (C=O) groups excluding carboxylic acids is 1. The molecule has 3 aliphatic heterocycles. The van der Waals surface area contributed by atoms with Gasteiger partial charge in [0.15, 0.2) is 0 Å². The van der Waals surface area contributed by atoms with E-state index in [-0.39, 0.29) is 0 Å². The van der Waals surface area contributed by atoms with Gasteiger partial charge < -0.3 is 10.2 Å². The number of amides is 1.